The normalized spacial score (nSPS) is 22.3. The number of fused-ring (bicyclic) bond motifs is 1. The zero-order chi connectivity index (χ0) is 17.3. The number of carbonyl (C=O) groups excluding carboxylic acids is 1. The zero-order valence-corrected chi connectivity index (χ0v) is 14.6. The Morgan fingerprint density at radius 2 is 1.84 bits per heavy atom. The molecule has 1 amide bonds. The van der Waals surface area contributed by atoms with Crippen molar-refractivity contribution < 1.29 is 4.79 Å². The van der Waals surface area contributed by atoms with Crippen LogP contribution in [0.5, 0.6) is 0 Å². The van der Waals surface area contributed by atoms with Crippen LogP contribution < -0.4 is 10.9 Å². The molecule has 4 rings (SSSR count). The van der Waals surface area contributed by atoms with Gasteiger partial charge in [0.25, 0.3) is 5.56 Å². The van der Waals surface area contributed by atoms with Gasteiger partial charge in [-0.25, -0.2) is 0 Å². The number of aromatic amines is 1. The molecule has 25 heavy (non-hydrogen) atoms. The predicted molar refractivity (Wildman–Crippen MR) is 99.6 cm³/mol. The van der Waals surface area contributed by atoms with Gasteiger partial charge in [-0.3, -0.25) is 9.59 Å². The molecule has 0 saturated heterocycles. The Hall–Kier alpha value is -2.10. The number of aromatic nitrogens is 1. The molecule has 4 nitrogen and oxygen atoms in total. The van der Waals surface area contributed by atoms with Crippen molar-refractivity contribution in [2.75, 3.05) is 0 Å². The maximum absolute atomic E-state index is 12.6. The molecule has 2 fully saturated rings. The number of amides is 1. The average molecular weight is 338 g/mol. The number of hydrogen-bond donors (Lipinski definition) is 2. The highest BCUT2D eigenvalue weighted by Crippen LogP contribution is 2.49. The molecular weight excluding hydrogens is 312 g/mol. The van der Waals surface area contributed by atoms with Crippen molar-refractivity contribution in [3.63, 3.8) is 0 Å². The summed E-state index contributed by atoms with van der Waals surface area (Å²) in [5.74, 6) is 0.0316. The number of benzene rings is 1. The number of carbonyl (C=O) groups is 1. The molecule has 4 heteroatoms. The third-order valence-electron chi connectivity index (χ3n) is 6.25. The van der Waals surface area contributed by atoms with Crippen molar-refractivity contribution in [1.29, 1.82) is 0 Å². The highest BCUT2D eigenvalue weighted by molar-refractivity contribution is 5.84. The molecular formula is C21H26N2O2. The average Bonchev–Trinajstić information content (AvgIpc) is 3.06. The Labute approximate surface area is 148 Å². The van der Waals surface area contributed by atoms with Crippen LogP contribution in [0.2, 0.25) is 0 Å². The molecule has 1 aromatic heterocycles. The number of H-pyrrole nitrogens is 1. The Morgan fingerprint density at radius 3 is 2.64 bits per heavy atom. The summed E-state index contributed by atoms with van der Waals surface area (Å²) in [5, 5.41) is 4.86. The van der Waals surface area contributed by atoms with Crippen molar-refractivity contribution >= 4 is 16.7 Å². The predicted octanol–water partition coefficient (Wildman–Crippen LogP) is 3.69. The molecule has 1 heterocycles. The molecule has 132 valence electrons. The second-order valence-corrected chi connectivity index (χ2v) is 7.82. The minimum atomic E-state index is -0.120. The fraction of sp³-hybridized carbons (Fsp3) is 0.524. The van der Waals surface area contributed by atoms with Gasteiger partial charge in [0.1, 0.15) is 0 Å². The highest BCUT2D eigenvalue weighted by Gasteiger charge is 2.43. The van der Waals surface area contributed by atoms with Gasteiger partial charge in [-0.05, 0) is 48.6 Å². The SMILES string of the molecule is O=C(Cc1cc2ccccc2c(=O)[nH]1)N[C@H]1CCCCC12CCCC2. The Bertz CT molecular complexity index is 833. The van der Waals surface area contributed by atoms with E-state index in [1.54, 1.807) is 0 Å². The third kappa shape index (κ3) is 3.22. The van der Waals surface area contributed by atoms with Gasteiger partial charge < -0.3 is 10.3 Å². The molecule has 1 spiro atoms. The van der Waals surface area contributed by atoms with E-state index in [-0.39, 0.29) is 17.9 Å². The highest BCUT2D eigenvalue weighted by atomic mass is 16.1. The van der Waals surface area contributed by atoms with Crippen LogP contribution in [0.4, 0.5) is 0 Å². The molecule has 2 aromatic rings. The van der Waals surface area contributed by atoms with E-state index >= 15 is 0 Å². The first kappa shape index (κ1) is 16.4. The Balaban J connectivity index is 1.49. The number of nitrogens with one attached hydrogen (secondary N) is 2. The minimum absolute atomic E-state index is 0.0316. The lowest BCUT2D eigenvalue weighted by atomic mass is 9.69. The Kier molecular flexibility index (Phi) is 4.36. The molecule has 1 aromatic carbocycles. The van der Waals surface area contributed by atoms with E-state index in [1.807, 2.05) is 30.3 Å². The van der Waals surface area contributed by atoms with E-state index in [9.17, 15) is 9.59 Å². The van der Waals surface area contributed by atoms with Gasteiger partial charge in [-0.15, -0.1) is 0 Å². The standard InChI is InChI=1S/C21H26N2O2/c24-19(23-18-9-3-4-10-21(18)11-5-6-12-21)14-16-13-15-7-1-2-8-17(15)20(25)22-16/h1-2,7-8,13,18H,3-6,9-12,14H2,(H,22,25)(H,23,24)/t18-/m0/s1. The van der Waals surface area contributed by atoms with Crippen LogP contribution in [0.1, 0.15) is 57.1 Å². The van der Waals surface area contributed by atoms with E-state index in [1.165, 1.54) is 44.9 Å². The first-order chi connectivity index (χ1) is 12.2. The first-order valence-electron chi connectivity index (χ1n) is 9.57. The van der Waals surface area contributed by atoms with Crippen LogP contribution in [-0.4, -0.2) is 16.9 Å². The smallest absolute Gasteiger partial charge is 0.256 e. The van der Waals surface area contributed by atoms with Crippen molar-refractivity contribution in [3.8, 4) is 0 Å². The van der Waals surface area contributed by atoms with Gasteiger partial charge in [-0.2, -0.15) is 0 Å². The summed E-state index contributed by atoms with van der Waals surface area (Å²) in [5.41, 5.74) is 0.911. The van der Waals surface area contributed by atoms with Crippen LogP contribution in [0, 0.1) is 5.41 Å². The number of pyridine rings is 1. The first-order valence-corrected chi connectivity index (χ1v) is 9.57. The fourth-order valence-electron chi connectivity index (χ4n) is 4.99. The maximum atomic E-state index is 12.6. The second kappa shape index (κ2) is 6.66. The van der Waals surface area contributed by atoms with Gasteiger partial charge >= 0.3 is 0 Å². The summed E-state index contributed by atoms with van der Waals surface area (Å²) in [6.45, 7) is 0. The maximum Gasteiger partial charge on any atom is 0.256 e. The van der Waals surface area contributed by atoms with Gasteiger partial charge in [0, 0.05) is 17.1 Å². The zero-order valence-electron chi connectivity index (χ0n) is 14.6. The quantitative estimate of drug-likeness (QED) is 0.896. The summed E-state index contributed by atoms with van der Waals surface area (Å²) in [6.07, 6.45) is 10.2. The van der Waals surface area contributed by atoms with Crippen LogP contribution in [0.15, 0.2) is 35.1 Å². The van der Waals surface area contributed by atoms with Gasteiger partial charge in [0.2, 0.25) is 5.91 Å². The van der Waals surface area contributed by atoms with Crippen molar-refractivity contribution in [2.24, 2.45) is 5.41 Å². The molecule has 0 unspecified atom stereocenters. The van der Waals surface area contributed by atoms with E-state index in [0.29, 0.717) is 22.5 Å². The molecule has 2 aliphatic rings. The lowest BCUT2D eigenvalue weighted by molar-refractivity contribution is -0.122. The third-order valence-corrected chi connectivity index (χ3v) is 6.25. The summed E-state index contributed by atoms with van der Waals surface area (Å²) >= 11 is 0. The van der Waals surface area contributed by atoms with Gasteiger partial charge in [0.15, 0.2) is 0 Å². The summed E-state index contributed by atoms with van der Waals surface area (Å²) in [7, 11) is 0. The molecule has 2 saturated carbocycles. The summed E-state index contributed by atoms with van der Waals surface area (Å²) in [6, 6.07) is 9.72. The van der Waals surface area contributed by atoms with Crippen molar-refractivity contribution in [2.45, 2.75) is 63.8 Å². The van der Waals surface area contributed by atoms with Gasteiger partial charge in [-0.1, -0.05) is 43.9 Å². The van der Waals surface area contributed by atoms with E-state index in [2.05, 4.69) is 10.3 Å². The number of rotatable bonds is 3. The molecule has 2 aliphatic carbocycles. The summed E-state index contributed by atoms with van der Waals surface area (Å²) < 4.78 is 0. The van der Waals surface area contributed by atoms with Gasteiger partial charge in [0.05, 0.1) is 6.42 Å². The Morgan fingerprint density at radius 1 is 1.12 bits per heavy atom. The monoisotopic (exact) mass is 338 g/mol. The number of hydrogen-bond acceptors (Lipinski definition) is 2. The van der Waals surface area contributed by atoms with Crippen LogP contribution in [0.25, 0.3) is 10.8 Å². The molecule has 0 radical (unpaired) electrons. The molecule has 2 N–H and O–H groups in total. The molecule has 0 bridgehead atoms. The lowest BCUT2D eigenvalue weighted by Crippen LogP contribution is -2.49. The minimum Gasteiger partial charge on any atom is -0.352 e. The van der Waals surface area contributed by atoms with Crippen LogP contribution in [-0.2, 0) is 11.2 Å². The van der Waals surface area contributed by atoms with E-state index in [4.69, 9.17) is 0 Å². The van der Waals surface area contributed by atoms with Crippen LogP contribution >= 0.6 is 0 Å². The topological polar surface area (TPSA) is 62.0 Å². The summed E-state index contributed by atoms with van der Waals surface area (Å²) in [4.78, 5) is 27.7. The van der Waals surface area contributed by atoms with Crippen LogP contribution in [0.3, 0.4) is 0 Å². The molecule has 1 atom stereocenters. The second-order valence-electron chi connectivity index (χ2n) is 7.82. The van der Waals surface area contributed by atoms with E-state index < -0.39 is 0 Å². The molecule has 0 aliphatic heterocycles. The van der Waals surface area contributed by atoms with E-state index in [0.717, 1.165) is 11.8 Å². The van der Waals surface area contributed by atoms with Crippen molar-refractivity contribution in [1.82, 2.24) is 10.3 Å². The van der Waals surface area contributed by atoms with Crippen molar-refractivity contribution in [3.05, 3.63) is 46.4 Å². The fourth-order valence-corrected chi connectivity index (χ4v) is 4.99. The largest absolute Gasteiger partial charge is 0.352 e. The lowest BCUT2D eigenvalue weighted by Gasteiger charge is -2.42.